The van der Waals surface area contributed by atoms with Gasteiger partial charge in [0.1, 0.15) is 0 Å². The van der Waals surface area contributed by atoms with Crippen molar-refractivity contribution in [2.75, 3.05) is 18.0 Å². The summed E-state index contributed by atoms with van der Waals surface area (Å²) in [7, 11) is 0. The van der Waals surface area contributed by atoms with E-state index in [2.05, 4.69) is 15.3 Å². The molecule has 1 unspecified atom stereocenters. The van der Waals surface area contributed by atoms with Crippen molar-refractivity contribution in [3.05, 3.63) is 95.1 Å². The molecule has 1 fully saturated rings. The zero-order valence-electron chi connectivity index (χ0n) is 23.1. The number of halogens is 3. The SMILES string of the molecule is O=C(O)C(F)(F)F.O=C(O)N(c1nc2ccc(C3(O)c4ccccc4C(=O)N3Cc3ccccc3)cc2[nH]1)C1CCNCC1. The fraction of sp³-hybridized carbons (Fsp3) is 0.267. The first-order valence-electron chi connectivity index (χ1n) is 13.6. The molecule has 230 valence electrons. The van der Waals surface area contributed by atoms with Crippen molar-refractivity contribution < 1.29 is 42.9 Å². The smallest absolute Gasteiger partial charge is 0.475 e. The Bertz CT molecular complexity index is 1690. The molecule has 44 heavy (non-hydrogen) atoms. The Kier molecular flexibility index (Phi) is 8.30. The van der Waals surface area contributed by atoms with Crippen LogP contribution in [-0.4, -0.2) is 73.5 Å². The Balaban J connectivity index is 0.000000493. The average molecular weight is 612 g/mol. The number of anilines is 1. The van der Waals surface area contributed by atoms with Gasteiger partial charge >= 0.3 is 18.2 Å². The summed E-state index contributed by atoms with van der Waals surface area (Å²) < 4.78 is 31.7. The van der Waals surface area contributed by atoms with Crippen LogP contribution in [0.4, 0.5) is 23.9 Å². The van der Waals surface area contributed by atoms with Gasteiger partial charge in [-0.15, -0.1) is 0 Å². The first-order valence-corrected chi connectivity index (χ1v) is 13.6. The van der Waals surface area contributed by atoms with Crippen LogP contribution in [0.5, 0.6) is 0 Å². The number of nitrogens with one attached hydrogen (secondary N) is 2. The number of hydrogen-bond donors (Lipinski definition) is 5. The summed E-state index contributed by atoms with van der Waals surface area (Å²) in [4.78, 5) is 45.0. The maximum Gasteiger partial charge on any atom is 0.490 e. The molecule has 2 amide bonds. The number of hydrogen-bond acceptors (Lipinski definition) is 6. The van der Waals surface area contributed by atoms with Gasteiger partial charge in [0.25, 0.3) is 5.91 Å². The first kappa shape index (κ1) is 30.5. The van der Waals surface area contributed by atoms with Crippen LogP contribution >= 0.6 is 0 Å². The molecule has 2 aliphatic rings. The van der Waals surface area contributed by atoms with Crippen molar-refractivity contribution in [3.63, 3.8) is 0 Å². The van der Waals surface area contributed by atoms with Crippen LogP contribution in [0.15, 0.2) is 72.8 Å². The van der Waals surface area contributed by atoms with E-state index in [0.717, 1.165) is 18.7 Å². The number of amides is 2. The van der Waals surface area contributed by atoms with Gasteiger partial charge in [0.05, 0.1) is 11.0 Å². The average Bonchev–Trinajstić information content (AvgIpc) is 3.51. The lowest BCUT2D eigenvalue weighted by Gasteiger charge is -2.35. The number of aromatic amines is 1. The minimum absolute atomic E-state index is 0.177. The van der Waals surface area contributed by atoms with Crippen molar-refractivity contribution >= 4 is 35.0 Å². The molecule has 0 saturated carbocycles. The number of aliphatic hydroxyl groups is 1. The maximum absolute atomic E-state index is 13.5. The molecular formula is C30H28F3N5O6. The molecule has 4 aromatic rings. The number of alkyl halides is 3. The molecule has 5 N–H and O–H groups in total. The number of imidazole rings is 1. The summed E-state index contributed by atoms with van der Waals surface area (Å²) in [5.74, 6) is -2.76. The minimum atomic E-state index is -5.08. The van der Waals surface area contributed by atoms with Gasteiger partial charge in [0.15, 0.2) is 5.72 Å². The molecule has 1 saturated heterocycles. The fourth-order valence-electron chi connectivity index (χ4n) is 5.49. The lowest BCUT2D eigenvalue weighted by atomic mass is 9.93. The number of H-pyrrole nitrogens is 1. The number of nitrogens with zero attached hydrogens (tertiary/aromatic N) is 3. The van der Waals surface area contributed by atoms with Gasteiger partial charge in [0, 0.05) is 29.3 Å². The van der Waals surface area contributed by atoms with Crippen LogP contribution < -0.4 is 10.2 Å². The molecule has 11 nitrogen and oxygen atoms in total. The molecule has 1 aromatic heterocycles. The number of carbonyl (C=O) groups is 3. The number of carbonyl (C=O) groups excluding carboxylic acids is 1. The van der Waals surface area contributed by atoms with E-state index in [1.807, 2.05) is 30.3 Å². The Morgan fingerprint density at radius 1 is 1.00 bits per heavy atom. The van der Waals surface area contributed by atoms with Crippen LogP contribution in [0.2, 0.25) is 0 Å². The summed E-state index contributed by atoms with van der Waals surface area (Å²) in [6, 6.07) is 21.7. The van der Waals surface area contributed by atoms with Crippen molar-refractivity contribution in [1.82, 2.24) is 20.2 Å². The predicted molar refractivity (Wildman–Crippen MR) is 152 cm³/mol. The zero-order chi connectivity index (χ0) is 31.6. The third-order valence-electron chi connectivity index (χ3n) is 7.57. The van der Waals surface area contributed by atoms with Gasteiger partial charge in [0.2, 0.25) is 5.95 Å². The number of carboxylic acids is 1. The third kappa shape index (κ3) is 5.81. The topological polar surface area (TPSA) is 159 Å². The van der Waals surface area contributed by atoms with Crippen LogP contribution in [0.3, 0.4) is 0 Å². The van der Waals surface area contributed by atoms with E-state index in [-0.39, 0.29) is 24.4 Å². The highest BCUT2D eigenvalue weighted by Crippen LogP contribution is 2.43. The molecule has 0 bridgehead atoms. The summed E-state index contributed by atoms with van der Waals surface area (Å²) in [6.45, 7) is 1.71. The standard InChI is InChI=1S/C28H27N5O4.C2HF3O2/c34-25-21-8-4-5-9-22(21)28(37,32(25)17-18-6-2-1-3-7-18)19-10-11-23-24(16-19)31-26(30-23)33(27(35)36)20-12-14-29-15-13-20;3-2(4,5)1(6)7/h1-11,16,20,29,37H,12-15,17H2,(H,30,31)(H,35,36);(H,6,7). The van der Waals surface area contributed by atoms with E-state index in [9.17, 15) is 33.0 Å². The Morgan fingerprint density at radius 2 is 1.64 bits per heavy atom. The van der Waals surface area contributed by atoms with Gasteiger partial charge in [-0.1, -0.05) is 54.6 Å². The minimum Gasteiger partial charge on any atom is -0.475 e. The van der Waals surface area contributed by atoms with Crippen LogP contribution in [-0.2, 0) is 17.1 Å². The summed E-state index contributed by atoms with van der Waals surface area (Å²) in [5.41, 5.74) is 1.81. The monoisotopic (exact) mass is 611 g/mol. The van der Waals surface area contributed by atoms with Crippen molar-refractivity contribution in [3.8, 4) is 0 Å². The lowest BCUT2D eigenvalue weighted by molar-refractivity contribution is -0.192. The normalized spacial score (nSPS) is 18.5. The Labute approximate surface area is 248 Å². The molecule has 3 heterocycles. The molecule has 14 heteroatoms. The second-order valence-corrected chi connectivity index (χ2v) is 10.3. The quantitative estimate of drug-likeness (QED) is 0.224. The molecule has 2 aliphatic heterocycles. The molecule has 3 aromatic carbocycles. The molecule has 0 aliphatic carbocycles. The molecule has 0 spiro atoms. The highest BCUT2D eigenvalue weighted by Gasteiger charge is 2.49. The highest BCUT2D eigenvalue weighted by molar-refractivity contribution is 6.00. The van der Waals surface area contributed by atoms with E-state index >= 15 is 0 Å². The van der Waals surface area contributed by atoms with Gasteiger partial charge in [-0.25, -0.2) is 19.5 Å². The van der Waals surface area contributed by atoms with Gasteiger partial charge in [-0.3, -0.25) is 9.69 Å². The molecule has 0 radical (unpaired) electrons. The van der Waals surface area contributed by atoms with E-state index in [0.29, 0.717) is 40.6 Å². The van der Waals surface area contributed by atoms with Gasteiger partial charge < -0.3 is 25.6 Å². The first-order chi connectivity index (χ1) is 20.9. The molecule has 6 rings (SSSR count). The Hall–Kier alpha value is -4.95. The van der Waals surface area contributed by atoms with E-state index in [1.54, 1.807) is 42.5 Å². The van der Waals surface area contributed by atoms with Crippen molar-refractivity contribution in [2.45, 2.75) is 37.3 Å². The summed E-state index contributed by atoms with van der Waals surface area (Å²) in [5, 5.41) is 32.6. The number of carboxylic acid groups (broad SMARTS) is 2. The van der Waals surface area contributed by atoms with Crippen LogP contribution in [0, 0.1) is 0 Å². The summed E-state index contributed by atoms with van der Waals surface area (Å²) >= 11 is 0. The maximum atomic E-state index is 13.5. The second kappa shape index (κ2) is 12.0. The lowest BCUT2D eigenvalue weighted by Crippen LogP contribution is -2.46. The predicted octanol–water partition coefficient (Wildman–Crippen LogP) is 4.28. The third-order valence-corrected chi connectivity index (χ3v) is 7.57. The largest absolute Gasteiger partial charge is 0.490 e. The number of rotatable bonds is 5. The Morgan fingerprint density at radius 3 is 2.27 bits per heavy atom. The van der Waals surface area contributed by atoms with Gasteiger partial charge in [-0.05, 0) is 49.7 Å². The number of fused-ring (bicyclic) bond motifs is 2. The van der Waals surface area contributed by atoms with E-state index in [4.69, 9.17) is 9.90 Å². The van der Waals surface area contributed by atoms with Crippen molar-refractivity contribution in [1.29, 1.82) is 0 Å². The second-order valence-electron chi connectivity index (χ2n) is 10.3. The number of benzene rings is 3. The van der Waals surface area contributed by atoms with Crippen LogP contribution in [0.25, 0.3) is 11.0 Å². The summed E-state index contributed by atoms with van der Waals surface area (Å²) in [6.07, 6.45) is -4.75. The van der Waals surface area contributed by atoms with E-state index in [1.165, 1.54) is 9.80 Å². The number of piperidine rings is 1. The zero-order valence-corrected chi connectivity index (χ0v) is 23.1. The van der Waals surface area contributed by atoms with Gasteiger partial charge in [-0.2, -0.15) is 13.2 Å². The number of aromatic nitrogens is 2. The van der Waals surface area contributed by atoms with E-state index < -0.39 is 24.0 Å². The van der Waals surface area contributed by atoms with Crippen molar-refractivity contribution in [2.24, 2.45) is 0 Å². The molecule has 1 atom stereocenters. The number of aliphatic carboxylic acids is 1. The fourth-order valence-corrected chi connectivity index (χ4v) is 5.49. The highest BCUT2D eigenvalue weighted by atomic mass is 19.4. The molecular weight excluding hydrogens is 583 g/mol. The van der Waals surface area contributed by atoms with Crippen LogP contribution in [0.1, 0.15) is 39.9 Å².